The number of rotatable bonds is 6. The minimum Gasteiger partial charge on any atom is -0.496 e. The van der Waals surface area contributed by atoms with Crippen LogP contribution in [0, 0.1) is 0 Å². The van der Waals surface area contributed by atoms with E-state index in [2.05, 4.69) is 25.8 Å². The number of nitrogens with zero attached hydrogens (tertiary/aromatic N) is 5. The molecule has 0 atom stereocenters. The monoisotopic (exact) mass is 374 g/mol. The van der Waals surface area contributed by atoms with Crippen LogP contribution in [0.4, 0.5) is 0 Å². The molecule has 1 N–H and O–H groups in total. The number of pyridine rings is 1. The first-order valence-electron chi connectivity index (χ1n) is 7.51. The molecule has 0 bridgehead atoms. The highest BCUT2D eigenvalue weighted by Crippen LogP contribution is 2.29. The van der Waals surface area contributed by atoms with E-state index in [0.717, 1.165) is 5.56 Å². The van der Waals surface area contributed by atoms with Crippen molar-refractivity contribution < 1.29 is 14.3 Å². The third-order valence-corrected chi connectivity index (χ3v) is 3.89. The SMILES string of the molecule is COc1cc(-n2cnnn2)c(Cl)cc1C(=O)NCc1cccnc1OC. The van der Waals surface area contributed by atoms with Gasteiger partial charge in [0.15, 0.2) is 0 Å². The third-order valence-electron chi connectivity index (χ3n) is 3.59. The number of carbonyl (C=O) groups excluding carboxylic acids is 1. The first-order valence-corrected chi connectivity index (χ1v) is 7.88. The minimum atomic E-state index is -0.349. The largest absolute Gasteiger partial charge is 0.496 e. The highest BCUT2D eigenvalue weighted by atomic mass is 35.5. The lowest BCUT2D eigenvalue weighted by Gasteiger charge is -2.13. The highest BCUT2D eigenvalue weighted by Gasteiger charge is 2.18. The Balaban J connectivity index is 1.84. The molecule has 0 aliphatic rings. The van der Waals surface area contributed by atoms with Crippen LogP contribution in [-0.4, -0.2) is 45.3 Å². The Morgan fingerprint density at radius 3 is 2.85 bits per heavy atom. The zero-order valence-corrected chi connectivity index (χ0v) is 14.8. The predicted molar refractivity (Wildman–Crippen MR) is 92.7 cm³/mol. The number of amides is 1. The number of aromatic nitrogens is 5. The summed E-state index contributed by atoms with van der Waals surface area (Å²) in [6.45, 7) is 0.241. The van der Waals surface area contributed by atoms with Crippen LogP contribution in [0.15, 0.2) is 36.8 Å². The Bertz CT molecular complexity index is 916. The molecule has 9 nitrogen and oxygen atoms in total. The van der Waals surface area contributed by atoms with Crippen molar-refractivity contribution in [3.05, 3.63) is 52.9 Å². The Kier molecular flexibility index (Phi) is 5.28. The zero-order chi connectivity index (χ0) is 18.5. The molecule has 0 aliphatic heterocycles. The van der Waals surface area contributed by atoms with Gasteiger partial charge in [0.25, 0.3) is 5.91 Å². The number of tetrazole rings is 1. The first kappa shape index (κ1) is 17.6. The molecule has 134 valence electrons. The van der Waals surface area contributed by atoms with Crippen LogP contribution < -0.4 is 14.8 Å². The van der Waals surface area contributed by atoms with Crippen LogP contribution in [0.25, 0.3) is 5.69 Å². The predicted octanol–water partition coefficient (Wildman–Crippen LogP) is 1.66. The molecule has 3 aromatic rings. The molecule has 0 fully saturated rings. The Hall–Kier alpha value is -3.20. The number of benzene rings is 1. The smallest absolute Gasteiger partial charge is 0.255 e. The summed E-state index contributed by atoms with van der Waals surface area (Å²) in [5.74, 6) is 0.445. The van der Waals surface area contributed by atoms with E-state index in [4.69, 9.17) is 21.1 Å². The fourth-order valence-corrected chi connectivity index (χ4v) is 2.60. The van der Waals surface area contributed by atoms with Crippen LogP contribution in [0.3, 0.4) is 0 Å². The van der Waals surface area contributed by atoms with Crippen LogP contribution in [0.5, 0.6) is 11.6 Å². The number of ether oxygens (including phenoxy) is 2. The van der Waals surface area contributed by atoms with Crippen molar-refractivity contribution in [1.29, 1.82) is 0 Å². The second-order valence-electron chi connectivity index (χ2n) is 5.11. The molecule has 0 unspecified atom stereocenters. The van der Waals surface area contributed by atoms with Crippen molar-refractivity contribution in [2.45, 2.75) is 6.54 Å². The first-order chi connectivity index (χ1) is 12.6. The quantitative estimate of drug-likeness (QED) is 0.699. The molecule has 0 saturated carbocycles. The van der Waals surface area contributed by atoms with Crippen LogP contribution in [0.2, 0.25) is 5.02 Å². The maximum absolute atomic E-state index is 12.6. The molecule has 1 amide bonds. The lowest BCUT2D eigenvalue weighted by atomic mass is 10.1. The molecule has 26 heavy (non-hydrogen) atoms. The summed E-state index contributed by atoms with van der Waals surface area (Å²) in [7, 11) is 2.99. The molecule has 10 heteroatoms. The fraction of sp³-hybridized carbons (Fsp3) is 0.188. The molecule has 0 radical (unpaired) electrons. The van der Waals surface area contributed by atoms with Gasteiger partial charge in [-0.25, -0.2) is 4.98 Å². The van der Waals surface area contributed by atoms with Gasteiger partial charge >= 0.3 is 0 Å². The van der Waals surface area contributed by atoms with Crippen LogP contribution in [0.1, 0.15) is 15.9 Å². The van der Waals surface area contributed by atoms with Gasteiger partial charge in [0, 0.05) is 24.4 Å². The molecule has 0 saturated heterocycles. The average molecular weight is 375 g/mol. The summed E-state index contributed by atoms with van der Waals surface area (Å²) >= 11 is 6.28. The molecule has 1 aromatic carbocycles. The van der Waals surface area contributed by atoms with Crippen LogP contribution in [-0.2, 0) is 6.54 Å². The number of hydrogen-bond acceptors (Lipinski definition) is 7. The van der Waals surface area contributed by atoms with Gasteiger partial charge in [-0.3, -0.25) is 4.79 Å². The average Bonchev–Trinajstić information content (AvgIpc) is 3.20. The minimum absolute atomic E-state index is 0.241. The van der Waals surface area contributed by atoms with Crippen LogP contribution >= 0.6 is 11.6 Å². The molecule has 3 rings (SSSR count). The number of halogens is 1. The fourth-order valence-electron chi connectivity index (χ4n) is 2.35. The van der Waals surface area contributed by atoms with Crippen molar-refractivity contribution in [2.75, 3.05) is 14.2 Å². The summed E-state index contributed by atoms with van der Waals surface area (Å²) in [5, 5.41) is 14.0. The van der Waals surface area contributed by atoms with Gasteiger partial charge in [-0.15, -0.1) is 5.10 Å². The Labute approximate surface area is 153 Å². The van der Waals surface area contributed by atoms with E-state index in [9.17, 15) is 4.79 Å². The summed E-state index contributed by atoms with van der Waals surface area (Å²) in [4.78, 5) is 16.7. The number of nitrogens with one attached hydrogen (secondary N) is 1. The molecule has 2 heterocycles. The highest BCUT2D eigenvalue weighted by molar-refractivity contribution is 6.33. The van der Waals surface area contributed by atoms with Gasteiger partial charge in [-0.05, 0) is 22.6 Å². The Morgan fingerprint density at radius 1 is 1.31 bits per heavy atom. The van der Waals surface area contributed by atoms with Crippen molar-refractivity contribution in [1.82, 2.24) is 30.5 Å². The molecule has 0 aliphatic carbocycles. The van der Waals surface area contributed by atoms with Crippen molar-refractivity contribution in [3.63, 3.8) is 0 Å². The van der Waals surface area contributed by atoms with E-state index in [0.29, 0.717) is 22.3 Å². The van der Waals surface area contributed by atoms with E-state index >= 15 is 0 Å². The van der Waals surface area contributed by atoms with Gasteiger partial charge in [0.1, 0.15) is 12.1 Å². The van der Waals surface area contributed by atoms with E-state index in [1.165, 1.54) is 31.3 Å². The van der Waals surface area contributed by atoms with Gasteiger partial charge < -0.3 is 14.8 Å². The topological polar surface area (TPSA) is 104 Å². The standard InChI is InChI=1S/C16H15ClN6O3/c1-25-14-7-13(23-9-20-21-22-23)12(17)6-11(14)15(24)19-8-10-4-3-5-18-16(10)26-2/h3-7,9H,8H2,1-2H3,(H,19,24). The van der Waals surface area contributed by atoms with E-state index < -0.39 is 0 Å². The zero-order valence-electron chi connectivity index (χ0n) is 14.0. The van der Waals surface area contributed by atoms with Gasteiger partial charge in [0.05, 0.1) is 30.5 Å². The lowest BCUT2D eigenvalue weighted by molar-refractivity contribution is 0.0947. The second-order valence-corrected chi connectivity index (χ2v) is 5.52. The molecule has 2 aromatic heterocycles. The lowest BCUT2D eigenvalue weighted by Crippen LogP contribution is -2.24. The number of carbonyl (C=O) groups is 1. The maximum Gasteiger partial charge on any atom is 0.255 e. The summed E-state index contributed by atoms with van der Waals surface area (Å²) in [6.07, 6.45) is 3.01. The van der Waals surface area contributed by atoms with E-state index in [1.807, 2.05) is 6.07 Å². The van der Waals surface area contributed by atoms with Crippen molar-refractivity contribution in [3.8, 4) is 17.3 Å². The summed E-state index contributed by atoms with van der Waals surface area (Å²) in [5.41, 5.74) is 1.54. The van der Waals surface area contributed by atoms with Crippen molar-refractivity contribution >= 4 is 17.5 Å². The molecular weight excluding hydrogens is 360 g/mol. The summed E-state index contributed by atoms with van der Waals surface area (Å²) < 4.78 is 11.9. The van der Waals surface area contributed by atoms with Gasteiger partial charge in [-0.2, -0.15) is 4.68 Å². The van der Waals surface area contributed by atoms with Crippen molar-refractivity contribution in [2.24, 2.45) is 0 Å². The normalized spacial score (nSPS) is 10.4. The van der Waals surface area contributed by atoms with Gasteiger partial charge in [0.2, 0.25) is 5.88 Å². The summed E-state index contributed by atoms with van der Waals surface area (Å²) in [6, 6.07) is 6.69. The molecular formula is C16H15ClN6O3. The third kappa shape index (κ3) is 3.57. The second kappa shape index (κ2) is 7.79. The van der Waals surface area contributed by atoms with E-state index in [-0.39, 0.29) is 18.0 Å². The Morgan fingerprint density at radius 2 is 2.15 bits per heavy atom. The molecule has 0 spiro atoms. The van der Waals surface area contributed by atoms with E-state index in [1.54, 1.807) is 18.3 Å². The number of methoxy groups -OCH3 is 2. The number of hydrogen-bond donors (Lipinski definition) is 1. The van der Waals surface area contributed by atoms with Gasteiger partial charge in [-0.1, -0.05) is 17.7 Å². The maximum atomic E-state index is 12.6.